The van der Waals surface area contributed by atoms with Gasteiger partial charge in [-0.3, -0.25) is 0 Å². The molecule has 1 aliphatic rings. The van der Waals surface area contributed by atoms with Gasteiger partial charge in [0.2, 0.25) is 0 Å². The van der Waals surface area contributed by atoms with Crippen molar-refractivity contribution in [3.05, 3.63) is 0 Å². The van der Waals surface area contributed by atoms with Gasteiger partial charge in [-0.1, -0.05) is 12.1 Å². The smallest absolute Gasteiger partial charge is 0.155 e. The van der Waals surface area contributed by atoms with Crippen LogP contribution in [0, 0.1) is 0 Å². The van der Waals surface area contributed by atoms with Crippen molar-refractivity contribution in [1.82, 2.24) is 4.90 Å². The van der Waals surface area contributed by atoms with E-state index in [0.29, 0.717) is 5.84 Å². The second-order valence-electron chi connectivity index (χ2n) is 3.62. The van der Waals surface area contributed by atoms with Crippen molar-refractivity contribution < 1.29 is 5.21 Å². The van der Waals surface area contributed by atoms with Crippen molar-refractivity contribution in [2.75, 3.05) is 25.9 Å². The molecule has 1 heterocycles. The fraction of sp³-hybridized carbons (Fsp3) is 0.889. The minimum absolute atomic E-state index is 0.138. The van der Waals surface area contributed by atoms with Crippen LogP contribution in [0.15, 0.2) is 5.16 Å². The molecule has 5 heteroatoms. The molecular weight excluding hydrogens is 198 g/mol. The predicted octanol–water partition coefficient (Wildman–Crippen LogP) is 0.950. The van der Waals surface area contributed by atoms with Crippen LogP contribution in [0.3, 0.4) is 0 Å². The van der Waals surface area contributed by atoms with E-state index in [1.807, 2.05) is 6.26 Å². The van der Waals surface area contributed by atoms with Crippen LogP contribution >= 0.6 is 11.8 Å². The fourth-order valence-electron chi connectivity index (χ4n) is 1.89. The van der Waals surface area contributed by atoms with E-state index >= 15 is 0 Å². The highest BCUT2D eigenvalue weighted by molar-refractivity contribution is 8.00. The van der Waals surface area contributed by atoms with Crippen molar-refractivity contribution in [2.45, 2.75) is 24.5 Å². The lowest BCUT2D eigenvalue weighted by atomic mass is 9.94. The van der Waals surface area contributed by atoms with Crippen LogP contribution in [0.2, 0.25) is 0 Å². The highest BCUT2D eigenvalue weighted by Gasteiger charge is 2.37. The maximum atomic E-state index is 8.74. The maximum Gasteiger partial charge on any atom is 0.155 e. The minimum atomic E-state index is -0.138. The Balaban J connectivity index is 2.66. The monoisotopic (exact) mass is 217 g/mol. The number of likely N-dealkylation sites (tertiary alicyclic amines) is 1. The molecule has 14 heavy (non-hydrogen) atoms. The van der Waals surface area contributed by atoms with Gasteiger partial charge >= 0.3 is 0 Å². The first-order valence-corrected chi connectivity index (χ1v) is 6.16. The molecule has 0 aromatic heterocycles. The van der Waals surface area contributed by atoms with Crippen LogP contribution in [0.5, 0.6) is 0 Å². The zero-order chi connectivity index (χ0) is 10.6. The van der Waals surface area contributed by atoms with E-state index in [9.17, 15) is 0 Å². The van der Waals surface area contributed by atoms with Crippen LogP contribution in [0.1, 0.15) is 19.8 Å². The summed E-state index contributed by atoms with van der Waals surface area (Å²) in [5.41, 5.74) is 5.74. The molecule has 3 N–H and O–H groups in total. The van der Waals surface area contributed by atoms with Gasteiger partial charge in [-0.05, 0) is 38.7 Å². The molecule has 0 unspecified atom stereocenters. The first-order chi connectivity index (χ1) is 6.68. The summed E-state index contributed by atoms with van der Waals surface area (Å²) in [6, 6.07) is 0. The van der Waals surface area contributed by atoms with Gasteiger partial charge in [0, 0.05) is 0 Å². The predicted molar refractivity (Wildman–Crippen MR) is 61.0 cm³/mol. The lowest BCUT2D eigenvalue weighted by Gasteiger charge is -2.39. The molecule has 1 fully saturated rings. The molecule has 0 atom stereocenters. The third-order valence-corrected chi connectivity index (χ3v) is 4.48. The summed E-state index contributed by atoms with van der Waals surface area (Å²) in [5, 5.41) is 11.9. The first kappa shape index (κ1) is 11.7. The van der Waals surface area contributed by atoms with Crippen LogP contribution in [0.25, 0.3) is 0 Å². The van der Waals surface area contributed by atoms with Crippen LogP contribution in [-0.2, 0) is 0 Å². The molecule has 0 saturated carbocycles. The Morgan fingerprint density at radius 1 is 1.57 bits per heavy atom. The highest BCUT2D eigenvalue weighted by atomic mass is 32.2. The lowest BCUT2D eigenvalue weighted by Crippen LogP contribution is -2.50. The van der Waals surface area contributed by atoms with E-state index in [-0.39, 0.29) is 4.75 Å². The number of piperidine rings is 1. The Kier molecular flexibility index (Phi) is 4.07. The number of hydrogen-bond acceptors (Lipinski definition) is 4. The molecule has 1 rings (SSSR count). The summed E-state index contributed by atoms with van der Waals surface area (Å²) >= 11 is 1.70. The van der Waals surface area contributed by atoms with E-state index in [2.05, 4.69) is 17.0 Å². The Labute approximate surface area is 89.5 Å². The second kappa shape index (κ2) is 4.89. The number of nitrogens with two attached hydrogens (primary N) is 1. The van der Waals surface area contributed by atoms with Gasteiger partial charge in [0.25, 0.3) is 0 Å². The number of oxime groups is 1. The van der Waals surface area contributed by atoms with E-state index in [1.165, 1.54) is 0 Å². The van der Waals surface area contributed by atoms with Gasteiger partial charge in [-0.2, -0.15) is 11.8 Å². The molecule has 0 bridgehead atoms. The van der Waals surface area contributed by atoms with E-state index in [4.69, 9.17) is 10.9 Å². The SMILES string of the molecule is CCN1CCC(SC)(C(N)=NO)CC1. The van der Waals surface area contributed by atoms with Gasteiger partial charge in [0.05, 0.1) is 4.75 Å². The van der Waals surface area contributed by atoms with Crippen molar-refractivity contribution in [3.8, 4) is 0 Å². The van der Waals surface area contributed by atoms with E-state index in [1.54, 1.807) is 11.8 Å². The number of hydrogen-bond donors (Lipinski definition) is 2. The number of thioether (sulfide) groups is 1. The van der Waals surface area contributed by atoms with Gasteiger partial charge in [-0.15, -0.1) is 0 Å². The van der Waals surface area contributed by atoms with Crippen molar-refractivity contribution >= 4 is 17.6 Å². The molecule has 1 saturated heterocycles. The molecule has 1 aliphatic heterocycles. The van der Waals surface area contributed by atoms with Crippen LogP contribution in [-0.4, -0.2) is 46.6 Å². The molecule has 0 spiro atoms. The summed E-state index contributed by atoms with van der Waals surface area (Å²) in [6.07, 6.45) is 3.97. The Morgan fingerprint density at radius 2 is 2.14 bits per heavy atom. The minimum Gasteiger partial charge on any atom is -0.409 e. The van der Waals surface area contributed by atoms with Crippen molar-refractivity contribution in [3.63, 3.8) is 0 Å². The first-order valence-electron chi connectivity index (χ1n) is 4.94. The Hall–Kier alpha value is -0.420. The van der Waals surface area contributed by atoms with E-state index in [0.717, 1.165) is 32.5 Å². The molecular formula is C9H19N3OS. The third-order valence-electron chi connectivity index (χ3n) is 3.08. The molecule has 0 amide bonds. The van der Waals surface area contributed by atoms with Gasteiger partial charge in [0.15, 0.2) is 5.84 Å². The largest absolute Gasteiger partial charge is 0.409 e. The number of rotatable bonds is 3. The third kappa shape index (κ3) is 2.15. The van der Waals surface area contributed by atoms with E-state index < -0.39 is 0 Å². The van der Waals surface area contributed by atoms with Gasteiger partial charge in [-0.25, -0.2) is 0 Å². The van der Waals surface area contributed by atoms with Crippen molar-refractivity contribution in [2.24, 2.45) is 10.9 Å². The zero-order valence-corrected chi connectivity index (χ0v) is 9.68. The fourth-order valence-corrected chi connectivity index (χ4v) is 2.73. The van der Waals surface area contributed by atoms with Gasteiger partial charge in [0.1, 0.15) is 0 Å². The van der Waals surface area contributed by atoms with Crippen molar-refractivity contribution in [1.29, 1.82) is 0 Å². The summed E-state index contributed by atoms with van der Waals surface area (Å²) < 4.78 is -0.138. The number of amidine groups is 1. The molecule has 82 valence electrons. The standard InChI is InChI=1S/C9H19N3OS/c1-3-12-6-4-9(14-2,5-7-12)8(10)11-13/h13H,3-7H2,1-2H3,(H2,10,11). The molecule has 0 aliphatic carbocycles. The molecule has 4 nitrogen and oxygen atoms in total. The molecule has 0 aromatic rings. The zero-order valence-electron chi connectivity index (χ0n) is 8.86. The quantitative estimate of drug-likeness (QED) is 0.320. The summed E-state index contributed by atoms with van der Waals surface area (Å²) in [7, 11) is 0. The second-order valence-corrected chi connectivity index (χ2v) is 4.81. The van der Waals surface area contributed by atoms with Crippen LogP contribution < -0.4 is 5.73 Å². The lowest BCUT2D eigenvalue weighted by molar-refractivity contribution is 0.227. The molecule has 0 radical (unpaired) electrons. The number of nitrogens with zero attached hydrogens (tertiary/aromatic N) is 2. The average molecular weight is 217 g/mol. The normalized spacial score (nSPS) is 23.7. The summed E-state index contributed by atoms with van der Waals surface area (Å²) in [6.45, 7) is 5.32. The summed E-state index contributed by atoms with van der Waals surface area (Å²) in [5.74, 6) is 0.376. The average Bonchev–Trinajstić information content (AvgIpc) is 2.28. The van der Waals surface area contributed by atoms with Gasteiger partial charge < -0.3 is 15.8 Å². The highest BCUT2D eigenvalue weighted by Crippen LogP contribution is 2.34. The Bertz CT molecular complexity index is 212. The van der Waals surface area contributed by atoms with Crippen LogP contribution in [0.4, 0.5) is 0 Å². The molecule has 0 aromatic carbocycles. The topological polar surface area (TPSA) is 61.8 Å². The maximum absolute atomic E-state index is 8.74. The Morgan fingerprint density at radius 3 is 2.50 bits per heavy atom. The summed E-state index contributed by atoms with van der Waals surface area (Å²) in [4.78, 5) is 2.39.